The summed E-state index contributed by atoms with van der Waals surface area (Å²) >= 11 is 5.02. The fourth-order valence-corrected chi connectivity index (χ4v) is 2.77. The highest BCUT2D eigenvalue weighted by Crippen LogP contribution is 2.28. The van der Waals surface area contributed by atoms with Crippen LogP contribution in [0.1, 0.15) is 36.6 Å². The highest BCUT2D eigenvalue weighted by atomic mass is 79.9. The maximum Gasteiger partial charge on any atom is 0.303 e. The molecule has 1 heterocycles. The molecule has 3 nitrogen and oxygen atoms in total. The molecule has 15 heavy (non-hydrogen) atoms. The van der Waals surface area contributed by atoms with E-state index in [0.717, 1.165) is 21.5 Å². The van der Waals surface area contributed by atoms with Gasteiger partial charge in [0, 0.05) is 17.3 Å². The molecule has 0 aliphatic carbocycles. The zero-order valence-electron chi connectivity index (χ0n) is 8.28. The van der Waals surface area contributed by atoms with Crippen molar-refractivity contribution in [1.29, 1.82) is 0 Å². The molecule has 0 amide bonds. The number of carboxylic acids is 1. The van der Waals surface area contributed by atoms with Gasteiger partial charge in [0.25, 0.3) is 0 Å². The van der Waals surface area contributed by atoms with Crippen molar-refractivity contribution in [2.75, 3.05) is 0 Å². The minimum absolute atomic E-state index is 0.0371. The molecule has 0 saturated heterocycles. The fraction of sp³-hybridized carbons (Fsp3) is 0.500. The van der Waals surface area contributed by atoms with E-state index in [1.165, 1.54) is 0 Å². The van der Waals surface area contributed by atoms with E-state index in [1.54, 1.807) is 11.3 Å². The number of nitrogens with two attached hydrogens (primary N) is 1. The molecular weight excluding hydrogens is 278 g/mol. The van der Waals surface area contributed by atoms with E-state index in [0.29, 0.717) is 6.42 Å². The zero-order chi connectivity index (χ0) is 11.3. The number of unbranched alkanes of at least 4 members (excludes halogenated alkanes) is 1. The van der Waals surface area contributed by atoms with E-state index in [2.05, 4.69) is 15.9 Å². The lowest BCUT2D eigenvalue weighted by molar-refractivity contribution is -0.137. The van der Waals surface area contributed by atoms with Crippen LogP contribution in [0.2, 0.25) is 0 Å². The third-order valence-electron chi connectivity index (χ3n) is 2.12. The third-order valence-corrected chi connectivity index (χ3v) is 3.87. The van der Waals surface area contributed by atoms with Gasteiger partial charge in [-0.2, -0.15) is 0 Å². The van der Waals surface area contributed by atoms with Crippen molar-refractivity contribution in [1.82, 2.24) is 0 Å². The molecule has 1 aromatic heterocycles. The van der Waals surface area contributed by atoms with Gasteiger partial charge in [0.1, 0.15) is 0 Å². The topological polar surface area (TPSA) is 63.3 Å². The van der Waals surface area contributed by atoms with Gasteiger partial charge >= 0.3 is 5.97 Å². The SMILES string of the molecule is NC(CCCCC(=O)O)c1ccc(Br)s1. The van der Waals surface area contributed by atoms with Gasteiger partial charge in [-0.25, -0.2) is 0 Å². The third kappa shape index (κ3) is 4.77. The quantitative estimate of drug-likeness (QED) is 0.792. The van der Waals surface area contributed by atoms with Crippen LogP contribution in [0.4, 0.5) is 0 Å². The van der Waals surface area contributed by atoms with Crippen LogP contribution in [0, 0.1) is 0 Å². The molecule has 0 saturated carbocycles. The lowest BCUT2D eigenvalue weighted by Gasteiger charge is -2.08. The van der Waals surface area contributed by atoms with Gasteiger partial charge in [-0.15, -0.1) is 11.3 Å². The number of aliphatic carboxylic acids is 1. The molecule has 0 bridgehead atoms. The summed E-state index contributed by atoms with van der Waals surface area (Å²) in [5.41, 5.74) is 5.97. The monoisotopic (exact) mass is 291 g/mol. The number of thiophene rings is 1. The first kappa shape index (κ1) is 12.7. The van der Waals surface area contributed by atoms with Gasteiger partial charge in [-0.3, -0.25) is 4.79 Å². The Morgan fingerprint density at radius 3 is 2.80 bits per heavy atom. The minimum atomic E-state index is -0.734. The summed E-state index contributed by atoms with van der Waals surface area (Å²) in [6.45, 7) is 0. The molecule has 84 valence electrons. The fourth-order valence-electron chi connectivity index (χ4n) is 1.31. The Bertz CT molecular complexity index is 327. The van der Waals surface area contributed by atoms with E-state index in [1.807, 2.05) is 12.1 Å². The van der Waals surface area contributed by atoms with E-state index in [9.17, 15) is 4.79 Å². The zero-order valence-corrected chi connectivity index (χ0v) is 10.7. The molecule has 1 aromatic rings. The van der Waals surface area contributed by atoms with E-state index in [4.69, 9.17) is 10.8 Å². The smallest absolute Gasteiger partial charge is 0.303 e. The second-order valence-electron chi connectivity index (χ2n) is 3.39. The Morgan fingerprint density at radius 2 is 2.27 bits per heavy atom. The van der Waals surface area contributed by atoms with Crippen LogP contribution in [0.5, 0.6) is 0 Å². The van der Waals surface area contributed by atoms with Crippen molar-refractivity contribution >= 4 is 33.2 Å². The van der Waals surface area contributed by atoms with Crippen LogP contribution in [0.25, 0.3) is 0 Å². The Hall–Kier alpha value is -0.390. The Morgan fingerprint density at radius 1 is 1.53 bits per heavy atom. The summed E-state index contributed by atoms with van der Waals surface area (Å²) < 4.78 is 1.08. The molecule has 0 aliphatic heterocycles. The van der Waals surface area contributed by atoms with Gasteiger partial charge in [0.05, 0.1) is 3.79 Å². The predicted molar refractivity (Wildman–Crippen MR) is 65.1 cm³/mol. The molecule has 1 atom stereocenters. The van der Waals surface area contributed by atoms with Crippen molar-refractivity contribution in [3.8, 4) is 0 Å². The van der Waals surface area contributed by atoms with Gasteiger partial charge in [0.2, 0.25) is 0 Å². The highest BCUT2D eigenvalue weighted by molar-refractivity contribution is 9.11. The summed E-state index contributed by atoms with van der Waals surface area (Å²) in [7, 11) is 0. The van der Waals surface area contributed by atoms with Crippen molar-refractivity contribution < 1.29 is 9.90 Å². The average molecular weight is 292 g/mol. The molecule has 0 radical (unpaired) electrons. The summed E-state index contributed by atoms with van der Waals surface area (Å²) in [6, 6.07) is 4.03. The van der Waals surface area contributed by atoms with Crippen LogP contribution in [0.15, 0.2) is 15.9 Å². The molecule has 3 N–H and O–H groups in total. The second-order valence-corrected chi connectivity index (χ2v) is 5.88. The maximum atomic E-state index is 10.3. The summed E-state index contributed by atoms with van der Waals surface area (Å²) in [5, 5.41) is 8.46. The van der Waals surface area contributed by atoms with E-state index < -0.39 is 5.97 Å². The number of halogens is 1. The first-order valence-corrected chi connectivity index (χ1v) is 6.43. The van der Waals surface area contributed by atoms with Gasteiger partial charge in [-0.1, -0.05) is 6.42 Å². The molecule has 0 aliphatic rings. The van der Waals surface area contributed by atoms with Crippen LogP contribution >= 0.6 is 27.3 Å². The van der Waals surface area contributed by atoms with Crippen LogP contribution in [-0.4, -0.2) is 11.1 Å². The first-order valence-electron chi connectivity index (χ1n) is 4.82. The number of hydrogen-bond donors (Lipinski definition) is 2. The largest absolute Gasteiger partial charge is 0.481 e. The van der Waals surface area contributed by atoms with Crippen LogP contribution < -0.4 is 5.73 Å². The molecule has 1 unspecified atom stereocenters. The number of carbonyl (C=O) groups is 1. The van der Waals surface area contributed by atoms with Gasteiger partial charge in [0.15, 0.2) is 0 Å². The average Bonchev–Trinajstić information content (AvgIpc) is 2.59. The van der Waals surface area contributed by atoms with Crippen molar-refractivity contribution in [2.45, 2.75) is 31.7 Å². The molecular formula is C10H14BrNO2S. The van der Waals surface area contributed by atoms with E-state index >= 15 is 0 Å². The molecule has 0 spiro atoms. The Balaban J connectivity index is 2.24. The van der Waals surface area contributed by atoms with Crippen molar-refractivity contribution in [2.24, 2.45) is 5.73 Å². The van der Waals surface area contributed by atoms with Crippen LogP contribution in [0.3, 0.4) is 0 Å². The van der Waals surface area contributed by atoms with E-state index in [-0.39, 0.29) is 12.5 Å². The predicted octanol–water partition coefficient (Wildman–Crippen LogP) is 3.16. The molecule has 5 heteroatoms. The second kappa shape index (κ2) is 6.25. The van der Waals surface area contributed by atoms with Crippen LogP contribution in [-0.2, 0) is 4.79 Å². The van der Waals surface area contributed by atoms with Gasteiger partial charge < -0.3 is 10.8 Å². The first-order chi connectivity index (χ1) is 7.09. The highest BCUT2D eigenvalue weighted by Gasteiger charge is 2.08. The summed E-state index contributed by atoms with van der Waals surface area (Å²) in [5.74, 6) is -0.734. The maximum absolute atomic E-state index is 10.3. The summed E-state index contributed by atoms with van der Waals surface area (Å²) in [4.78, 5) is 11.4. The Kier molecular flexibility index (Phi) is 5.28. The minimum Gasteiger partial charge on any atom is -0.481 e. The van der Waals surface area contributed by atoms with Crippen molar-refractivity contribution in [3.63, 3.8) is 0 Å². The lowest BCUT2D eigenvalue weighted by Crippen LogP contribution is -2.08. The normalized spacial score (nSPS) is 12.7. The number of rotatable bonds is 6. The number of carboxylic acid groups (broad SMARTS) is 1. The molecule has 0 aromatic carbocycles. The number of hydrogen-bond acceptors (Lipinski definition) is 3. The lowest BCUT2D eigenvalue weighted by atomic mass is 10.1. The standard InChI is InChI=1S/C10H14BrNO2S/c11-9-6-5-8(15-9)7(12)3-1-2-4-10(13)14/h5-7H,1-4,12H2,(H,13,14). The summed E-state index contributed by atoms with van der Waals surface area (Å²) in [6.07, 6.45) is 2.65. The molecule has 1 rings (SSSR count). The van der Waals surface area contributed by atoms with Gasteiger partial charge in [-0.05, 0) is 40.9 Å². The Labute approximate surface area is 101 Å². The molecule has 0 fully saturated rings. The van der Waals surface area contributed by atoms with Crippen molar-refractivity contribution in [3.05, 3.63) is 20.8 Å².